The first-order valence-corrected chi connectivity index (χ1v) is 6.88. The van der Waals surface area contributed by atoms with Crippen molar-refractivity contribution >= 4 is 39.1 Å². The Balaban J connectivity index is 2.49. The molecule has 0 aromatic heterocycles. The first-order valence-electron chi connectivity index (χ1n) is 6.50. The lowest BCUT2D eigenvalue weighted by Gasteiger charge is -2.12. The number of carbonyl (C=O) groups excluding carboxylic acids is 1. The molecule has 0 spiro atoms. The predicted molar refractivity (Wildman–Crippen MR) is 82.4 cm³/mol. The van der Waals surface area contributed by atoms with E-state index < -0.39 is 0 Å². The van der Waals surface area contributed by atoms with Gasteiger partial charge >= 0.3 is 5.97 Å². The molecule has 0 aliphatic carbocycles. The van der Waals surface area contributed by atoms with E-state index in [0.717, 1.165) is 21.5 Å². The number of halogens is 1. The molecule has 3 heteroatoms. The molecule has 3 aromatic carbocycles. The molecule has 20 heavy (non-hydrogen) atoms. The van der Waals surface area contributed by atoms with Crippen molar-refractivity contribution in [2.75, 3.05) is 6.61 Å². The lowest BCUT2D eigenvalue weighted by atomic mass is 9.96. The lowest BCUT2D eigenvalue weighted by molar-refractivity contribution is 0.0531. The van der Waals surface area contributed by atoms with Gasteiger partial charge < -0.3 is 4.74 Å². The average Bonchev–Trinajstić information content (AvgIpc) is 2.48. The fourth-order valence-corrected chi connectivity index (χ4v) is 2.83. The first kappa shape index (κ1) is 12.9. The lowest BCUT2D eigenvalue weighted by Crippen LogP contribution is -2.06. The summed E-state index contributed by atoms with van der Waals surface area (Å²) in [5.74, 6) is -0.309. The third-order valence-corrected chi connectivity index (χ3v) is 3.75. The highest BCUT2D eigenvalue weighted by atomic mass is 35.5. The number of rotatable bonds is 2. The molecule has 3 aromatic rings. The number of benzene rings is 3. The zero-order chi connectivity index (χ0) is 14.1. The van der Waals surface area contributed by atoms with Crippen molar-refractivity contribution in [3.63, 3.8) is 0 Å². The number of esters is 1. The second-order valence-corrected chi connectivity index (χ2v) is 4.88. The van der Waals surface area contributed by atoms with Crippen LogP contribution in [0.25, 0.3) is 21.5 Å². The molecule has 2 nitrogen and oxygen atoms in total. The second kappa shape index (κ2) is 5.14. The summed E-state index contributed by atoms with van der Waals surface area (Å²) in [7, 11) is 0. The summed E-state index contributed by atoms with van der Waals surface area (Å²) in [6, 6.07) is 15.3. The number of fused-ring (bicyclic) bond motifs is 2. The summed E-state index contributed by atoms with van der Waals surface area (Å²) in [6.07, 6.45) is 0. The van der Waals surface area contributed by atoms with Gasteiger partial charge in [-0.1, -0.05) is 60.1 Å². The van der Waals surface area contributed by atoms with Crippen LogP contribution in [0.5, 0.6) is 0 Å². The van der Waals surface area contributed by atoms with Crippen LogP contribution in [-0.4, -0.2) is 12.6 Å². The van der Waals surface area contributed by atoms with Gasteiger partial charge in [0.1, 0.15) is 0 Å². The average molecular weight is 285 g/mol. The van der Waals surface area contributed by atoms with Gasteiger partial charge in [0.15, 0.2) is 0 Å². The Morgan fingerprint density at radius 1 is 0.950 bits per heavy atom. The van der Waals surface area contributed by atoms with E-state index in [9.17, 15) is 4.79 Å². The fourth-order valence-electron chi connectivity index (χ4n) is 2.50. The minimum atomic E-state index is -0.309. The Morgan fingerprint density at radius 2 is 1.40 bits per heavy atom. The molecule has 0 saturated heterocycles. The largest absolute Gasteiger partial charge is 0.462 e. The molecule has 0 saturated carbocycles. The zero-order valence-electron chi connectivity index (χ0n) is 11.0. The van der Waals surface area contributed by atoms with Crippen molar-refractivity contribution in [3.05, 3.63) is 59.1 Å². The molecule has 0 amide bonds. The van der Waals surface area contributed by atoms with Crippen LogP contribution in [0.3, 0.4) is 0 Å². The molecule has 0 unspecified atom stereocenters. The maximum Gasteiger partial charge on any atom is 0.339 e. The summed E-state index contributed by atoms with van der Waals surface area (Å²) < 4.78 is 5.20. The zero-order valence-corrected chi connectivity index (χ0v) is 11.8. The van der Waals surface area contributed by atoms with Crippen LogP contribution in [0.15, 0.2) is 48.5 Å². The van der Waals surface area contributed by atoms with Crippen LogP contribution in [-0.2, 0) is 4.74 Å². The van der Waals surface area contributed by atoms with E-state index in [1.807, 2.05) is 48.5 Å². The number of hydrogen-bond acceptors (Lipinski definition) is 2. The molecule has 0 bridgehead atoms. The van der Waals surface area contributed by atoms with Crippen molar-refractivity contribution < 1.29 is 9.53 Å². The maximum absolute atomic E-state index is 12.3. The van der Waals surface area contributed by atoms with E-state index in [0.29, 0.717) is 17.2 Å². The van der Waals surface area contributed by atoms with Crippen LogP contribution >= 0.6 is 11.6 Å². The Kier molecular flexibility index (Phi) is 3.33. The third-order valence-electron chi connectivity index (χ3n) is 3.35. The van der Waals surface area contributed by atoms with E-state index in [-0.39, 0.29) is 5.97 Å². The van der Waals surface area contributed by atoms with Crippen LogP contribution in [0.2, 0.25) is 5.02 Å². The molecule has 0 fully saturated rings. The fraction of sp³-hybridized carbons (Fsp3) is 0.118. The van der Waals surface area contributed by atoms with E-state index in [1.165, 1.54) is 0 Å². The van der Waals surface area contributed by atoms with Gasteiger partial charge in [-0.05, 0) is 17.7 Å². The Morgan fingerprint density at radius 3 is 1.85 bits per heavy atom. The maximum atomic E-state index is 12.3. The highest BCUT2D eigenvalue weighted by Crippen LogP contribution is 2.36. The minimum Gasteiger partial charge on any atom is -0.462 e. The van der Waals surface area contributed by atoms with Crippen molar-refractivity contribution in [1.29, 1.82) is 0 Å². The molecule has 0 aliphatic heterocycles. The molecule has 0 N–H and O–H groups in total. The van der Waals surface area contributed by atoms with E-state index in [4.69, 9.17) is 16.3 Å². The van der Waals surface area contributed by atoms with Crippen LogP contribution < -0.4 is 0 Å². The van der Waals surface area contributed by atoms with Gasteiger partial charge in [-0.25, -0.2) is 4.79 Å². The van der Waals surface area contributed by atoms with Gasteiger partial charge in [-0.2, -0.15) is 0 Å². The molecular formula is C17H13ClO2. The van der Waals surface area contributed by atoms with Crippen LogP contribution in [0, 0.1) is 0 Å². The summed E-state index contributed by atoms with van der Waals surface area (Å²) in [5, 5.41) is 4.07. The molecular weight excluding hydrogens is 272 g/mol. The van der Waals surface area contributed by atoms with Gasteiger partial charge in [0.05, 0.1) is 17.2 Å². The van der Waals surface area contributed by atoms with Gasteiger partial charge in [0, 0.05) is 10.8 Å². The molecule has 0 aliphatic rings. The van der Waals surface area contributed by atoms with Gasteiger partial charge in [0.25, 0.3) is 0 Å². The SMILES string of the molecule is CCOC(=O)c1c2ccccc2c(Cl)c2ccccc12. The van der Waals surface area contributed by atoms with Crippen molar-refractivity contribution in [1.82, 2.24) is 0 Å². The van der Waals surface area contributed by atoms with Crippen molar-refractivity contribution in [3.8, 4) is 0 Å². The molecule has 0 radical (unpaired) electrons. The molecule has 100 valence electrons. The summed E-state index contributed by atoms with van der Waals surface area (Å²) in [4.78, 5) is 12.3. The predicted octanol–water partition coefficient (Wildman–Crippen LogP) is 4.82. The van der Waals surface area contributed by atoms with Gasteiger partial charge in [0.2, 0.25) is 0 Å². The smallest absolute Gasteiger partial charge is 0.339 e. The number of carbonyl (C=O) groups is 1. The Labute approximate surface area is 121 Å². The quantitative estimate of drug-likeness (QED) is 0.498. The molecule has 0 heterocycles. The Bertz CT molecular complexity index is 752. The molecule has 3 rings (SSSR count). The van der Waals surface area contributed by atoms with E-state index >= 15 is 0 Å². The minimum absolute atomic E-state index is 0.309. The third kappa shape index (κ3) is 1.93. The van der Waals surface area contributed by atoms with Crippen LogP contribution in [0.4, 0.5) is 0 Å². The standard InChI is InChI=1S/C17H13ClO2/c1-2-20-17(19)15-11-7-3-5-9-13(11)16(18)14-10-6-4-8-12(14)15/h3-10H,2H2,1H3. The number of ether oxygens (including phenoxy) is 1. The van der Waals surface area contributed by atoms with Crippen molar-refractivity contribution in [2.24, 2.45) is 0 Å². The highest BCUT2D eigenvalue weighted by molar-refractivity contribution is 6.42. The normalized spacial score (nSPS) is 10.9. The van der Waals surface area contributed by atoms with E-state index in [1.54, 1.807) is 6.92 Å². The van der Waals surface area contributed by atoms with Gasteiger partial charge in [-0.15, -0.1) is 0 Å². The summed E-state index contributed by atoms with van der Waals surface area (Å²) in [5.41, 5.74) is 0.586. The van der Waals surface area contributed by atoms with Crippen molar-refractivity contribution in [2.45, 2.75) is 6.92 Å². The first-order chi connectivity index (χ1) is 9.74. The highest BCUT2D eigenvalue weighted by Gasteiger charge is 2.18. The van der Waals surface area contributed by atoms with Crippen LogP contribution in [0.1, 0.15) is 17.3 Å². The summed E-state index contributed by atoms with van der Waals surface area (Å²) in [6.45, 7) is 2.16. The van der Waals surface area contributed by atoms with E-state index in [2.05, 4.69) is 0 Å². The summed E-state index contributed by atoms with van der Waals surface area (Å²) >= 11 is 6.48. The topological polar surface area (TPSA) is 26.3 Å². The monoisotopic (exact) mass is 284 g/mol. The number of hydrogen-bond donors (Lipinski definition) is 0. The second-order valence-electron chi connectivity index (χ2n) is 4.50. The Hall–Kier alpha value is -2.06. The molecule has 0 atom stereocenters. The van der Waals surface area contributed by atoms with Gasteiger partial charge in [-0.3, -0.25) is 0 Å².